The second-order valence-corrected chi connectivity index (χ2v) is 32.2. The molecule has 21 rings (SSSR count). The molecule has 1 heteroatoms. The molecule has 0 heterocycles. The molecule has 127 heavy (non-hydrogen) atoms. The summed E-state index contributed by atoms with van der Waals surface area (Å²) in [7, 11) is 0. The molecule has 0 atom stereocenters. The van der Waals surface area contributed by atoms with E-state index in [1.165, 1.54) is 16.7 Å². The largest absolute Gasteiger partial charge is 0.311 e. The van der Waals surface area contributed by atoms with Crippen LogP contribution in [0, 0.1) is 0 Å². The van der Waals surface area contributed by atoms with Crippen molar-refractivity contribution in [2.24, 2.45) is 0 Å². The van der Waals surface area contributed by atoms with Crippen molar-refractivity contribution in [2.75, 3.05) is 4.90 Å². The maximum absolute atomic E-state index is 2.47. The molecule has 0 bridgehead atoms. The van der Waals surface area contributed by atoms with E-state index >= 15 is 0 Å². The van der Waals surface area contributed by atoms with Crippen molar-refractivity contribution in [1.82, 2.24) is 0 Å². The van der Waals surface area contributed by atoms with Gasteiger partial charge in [0.2, 0.25) is 0 Å². The average molecular weight is 1620 g/mol. The molecule has 0 unspecified atom stereocenters. The zero-order valence-corrected chi connectivity index (χ0v) is 70.2. The Morgan fingerprint density at radius 1 is 0.0709 bits per heavy atom. The molecular formula is C126H87N. The number of hydrogen-bond acceptors (Lipinski definition) is 1. The molecule has 0 aromatic heterocycles. The molecule has 0 aliphatic carbocycles. The zero-order chi connectivity index (χ0) is 84.6. The molecule has 0 fully saturated rings. The number of rotatable bonds is 21. The molecule has 0 radical (unpaired) electrons. The Morgan fingerprint density at radius 2 is 0.142 bits per heavy atom. The molecule has 0 aliphatic rings. The minimum absolute atomic E-state index is 0.985. The molecular weight excluding hydrogens is 1530 g/mol. The van der Waals surface area contributed by atoms with Crippen LogP contribution < -0.4 is 4.90 Å². The van der Waals surface area contributed by atoms with Crippen molar-refractivity contribution in [2.45, 2.75) is 0 Å². The molecule has 0 N–H and O–H groups in total. The molecule has 21 aromatic carbocycles. The maximum atomic E-state index is 2.47. The lowest BCUT2D eigenvalue weighted by Gasteiger charge is -2.30. The highest BCUT2D eigenvalue weighted by atomic mass is 15.1. The molecule has 0 amide bonds. The summed E-state index contributed by atoms with van der Waals surface area (Å²) in [6, 6.07) is 195. The predicted molar refractivity (Wildman–Crippen MR) is 539 cm³/mol. The summed E-state index contributed by atoms with van der Waals surface area (Å²) in [6.07, 6.45) is 0. The van der Waals surface area contributed by atoms with Gasteiger partial charge in [-0.25, -0.2) is 0 Å². The SMILES string of the molecule is c1ccc(-c2c(-c3ccccc3)c(-c3ccccc3)c(-c3ccc(N(c4ccc(-c5c(-c6ccccc6)c(-c6ccccc6)c(-c6ccccc6)c(-c6ccccc6)c5-c5ccccc5)cc4)c4ccc(-c5c(-c6ccccc6)c(-c6ccccc6)c(-c6ccccc6)c(-c6ccccc6)c5-c5ccccc5)cc4)cc3)c(-c3ccccc3)c2-c2ccccc2)cc1. The van der Waals surface area contributed by atoms with Gasteiger partial charge in [-0.15, -0.1) is 0 Å². The van der Waals surface area contributed by atoms with E-state index in [1.54, 1.807) is 0 Å². The van der Waals surface area contributed by atoms with E-state index in [2.05, 4.69) is 533 Å². The van der Waals surface area contributed by atoms with E-state index in [9.17, 15) is 0 Å². The lowest BCUT2D eigenvalue weighted by Crippen LogP contribution is -2.10. The van der Waals surface area contributed by atoms with Crippen LogP contribution in [0.2, 0.25) is 0 Å². The zero-order valence-electron chi connectivity index (χ0n) is 70.2. The van der Waals surface area contributed by atoms with Crippen molar-refractivity contribution >= 4 is 17.1 Å². The molecule has 0 aliphatic heterocycles. The van der Waals surface area contributed by atoms with Crippen molar-refractivity contribution in [3.05, 3.63) is 528 Å². The summed E-state index contributed by atoms with van der Waals surface area (Å²) in [5.74, 6) is 0. The third-order valence-electron chi connectivity index (χ3n) is 24.7. The molecule has 596 valence electrons. The van der Waals surface area contributed by atoms with Crippen LogP contribution in [-0.2, 0) is 0 Å². The summed E-state index contributed by atoms with van der Waals surface area (Å²) in [6.45, 7) is 0. The fourth-order valence-electron chi connectivity index (χ4n) is 19.3. The lowest BCUT2D eigenvalue weighted by molar-refractivity contribution is 1.28. The summed E-state index contributed by atoms with van der Waals surface area (Å²) < 4.78 is 0. The summed E-state index contributed by atoms with van der Waals surface area (Å²) in [5.41, 5.74) is 43.9. The molecule has 1 nitrogen and oxygen atoms in total. The summed E-state index contributed by atoms with van der Waals surface area (Å²) in [4.78, 5) is 2.47. The summed E-state index contributed by atoms with van der Waals surface area (Å²) in [5, 5.41) is 0. The van der Waals surface area contributed by atoms with Crippen LogP contribution in [0.25, 0.3) is 200 Å². The molecule has 0 saturated heterocycles. The number of hydrogen-bond donors (Lipinski definition) is 0. The van der Waals surface area contributed by atoms with Crippen molar-refractivity contribution in [3.63, 3.8) is 0 Å². The lowest BCUT2D eigenvalue weighted by atomic mass is 9.74. The van der Waals surface area contributed by atoms with Gasteiger partial charge in [0.1, 0.15) is 0 Å². The van der Waals surface area contributed by atoms with Gasteiger partial charge in [0.15, 0.2) is 0 Å². The molecule has 0 spiro atoms. The normalized spacial score (nSPS) is 11.1. The van der Waals surface area contributed by atoms with Crippen molar-refractivity contribution < 1.29 is 0 Å². The van der Waals surface area contributed by atoms with Gasteiger partial charge in [0.25, 0.3) is 0 Å². The van der Waals surface area contributed by atoms with Crippen LogP contribution in [0.3, 0.4) is 0 Å². The first-order valence-electron chi connectivity index (χ1n) is 43.8. The van der Waals surface area contributed by atoms with E-state index in [-0.39, 0.29) is 0 Å². The second-order valence-electron chi connectivity index (χ2n) is 32.2. The van der Waals surface area contributed by atoms with E-state index in [1.807, 2.05) is 0 Å². The quantitative estimate of drug-likeness (QED) is 0.0693. The Labute approximate surface area is 744 Å². The van der Waals surface area contributed by atoms with E-state index < -0.39 is 0 Å². The number of anilines is 3. The van der Waals surface area contributed by atoms with Crippen molar-refractivity contribution in [3.8, 4) is 200 Å². The molecule has 0 saturated carbocycles. The van der Waals surface area contributed by atoms with Gasteiger partial charge in [-0.05, 0) is 237 Å². The summed E-state index contributed by atoms with van der Waals surface area (Å²) >= 11 is 0. The third kappa shape index (κ3) is 15.1. The monoisotopic (exact) mass is 1610 g/mol. The second kappa shape index (κ2) is 35.5. The first-order valence-corrected chi connectivity index (χ1v) is 43.8. The minimum Gasteiger partial charge on any atom is -0.311 e. The Hall–Kier alpha value is -16.6. The average Bonchev–Trinajstić information content (AvgIpc) is 0.724. The third-order valence-corrected chi connectivity index (χ3v) is 24.7. The Balaban J connectivity index is 0.850. The van der Waals surface area contributed by atoms with Gasteiger partial charge in [-0.2, -0.15) is 0 Å². The maximum Gasteiger partial charge on any atom is 0.0462 e. The number of benzene rings is 21. The Morgan fingerprint density at radius 3 is 0.220 bits per heavy atom. The van der Waals surface area contributed by atoms with E-state index in [0.717, 1.165) is 201 Å². The predicted octanol–water partition coefficient (Wildman–Crippen LogP) is 35.2. The number of nitrogens with zero attached hydrogens (tertiary/aromatic N) is 1. The van der Waals surface area contributed by atoms with Gasteiger partial charge >= 0.3 is 0 Å². The first-order chi connectivity index (χ1) is 63.1. The highest BCUT2D eigenvalue weighted by Crippen LogP contribution is 2.61. The van der Waals surface area contributed by atoms with Gasteiger partial charge in [0, 0.05) is 17.1 Å². The van der Waals surface area contributed by atoms with Crippen LogP contribution in [0.4, 0.5) is 17.1 Å². The van der Waals surface area contributed by atoms with Gasteiger partial charge in [-0.3, -0.25) is 0 Å². The highest BCUT2D eigenvalue weighted by Gasteiger charge is 2.34. The first kappa shape index (κ1) is 77.7. The fourth-order valence-corrected chi connectivity index (χ4v) is 19.3. The molecule has 21 aromatic rings. The van der Waals surface area contributed by atoms with E-state index in [4.69, 9.17) is 0 Å². The topological polar surface area (TPSA) is 3.24 Å². The van der Waals surface area contributed by atoms with Crippen LogP contribution in [-0.4, -0.2) is 0 Å². The van der Waals surface area contributed by atoms with Gasteiger partial charge in [0.05, 0.1) is 0 Å². The smallest absolute Gasteiger partial charge is 0.0462 e. The highest BCUT2D eigenvalue weighted by molar-refractivity contribution is 6.19. The van der Waals surface area contributed by atoms with Crippen molar-refractivity contribution in [1.29, 1.82) is 0 Å². The Bertz CT molecular complexity index is 6330. The van der Waals surface area contributed by atoms with Gasteiger partial charge in [-0.1, -0.05) is 491 Å². The fraction of sp³-hybridized carbons (Fsp3) is 0. The van der Waals surface area contributed by atoms with Crippen LogP contribution in [0.15, 0.2) is 528 Å². The Kier molecular flexibility index (Phi) is 21.7. The van der Waals surface area contributed by atoms with Crippen LogP contribution >= 0.6 is 0 Å². The minimum atomic E-state index is 0.985. The standard InChI is InChI=1S/C126H87N/c1-16-46-88(47-17-1)109-112(91-52-22-4-23-53-91)118(97-64-34-10-35-65-97)124(119(98-66-36-11-37-67-98)113(109)92-54-24-5-25-55-92)103-76-82-106(83-77-103)127(107-84-78-104(79-85-107)125-120(99-68-38-12-39-69-99)114(93-56-26-6-27-57-93)110(89-48-18-2-19-49-89)115(94-58-28-7-29-59-94)121(125)100-70-40-13-41-71-100)108-86-80-105(81-87-108)126-122(101-72-42-14-43-73-101)116(95-60-30-8-31-61-95)111(90-50-20-3-21-51-90)117(96-62-32-9-33-63-96)123(126)102-74-44-15-45-75-102/h1-87H. The van der Waals surface area contributed by atoms with Crippen LogP contribution in [0.5, 0.6) is 0 Å². The van der Waals surface area contributed by atoms with Crippen LogP contribution in [0.1, 0.15) is 0 Å². The van der Waals surface area contributed by atoms with E-state index in [0.29, 0.717) is 0 Å². The van der Waals surface area contributed by atoms with Gasteiger partial charge < -0.3 is 4.90 Å².